The van der Waals surface area contributed by atoms with E-state index >= 15 is 0 Å². The predicted octanol–water partition coefficient (Wildman–Crippen LogP) is 3.83. The normalized spacial score (nSPS) is 11.3. The number of fused-ring (bicyclic) bond motifs is 1. The molecule has 0 saturated heterocycles. The van der Waals surface area contributed by atoms with Gasteiger partial charge in [0.25, 0.3) is 0 Å². The van der Waals surface area contributed by atoms with Crippen molar-refractivity contribution in [2.24, 2.45) is 5.73 Å². The fourth-order valence-corrected chi connectivity index (χ4v) is 4.14. The first-order chi connectivity index (χ1) is 11.2. The summed E-state index contributed by atoms with van der Waals surface area (Å²) in [5.41, 5.74) is 10.4. The lowest BCUT2D eigenvalue weighted by atomic mass is 10.1. The van der Waals surface area contributed by atoms with E-state index < -0.39 is 0 Å². The number of benzene rings is 1. The standard InChI is InChI=1S/C18H23N3OS/c1-4-16-17(13-8-6-7-9-15(13)22-5-2)21-14(10-11-19)12(3)20-18(21)23-16/h6-9H,4-5,10-11,19H2,1-3H3. The number of nitrogens with zero attached hydrogens (tertiary/aromatic N) is 2. The van der Waals surface area contributed by atoms with E-state index in [0.717, 1.165) is 34.8 Å². The summed E-state index contributed by atoms with van der Waals surface area (Å²) in [5.74, 6) is 0.925. The zero-order valence-electron chi connectivity index (χ0n) is 13.9. The lowest BCUT2D eigenvalue weighted by molar-refractivity contribution is 0.341. The summed E-state index contributed by atoms with van der Waals surface area (Å²) in [6.07, 6.45) is 1.81. The summed E-state index contributed by atoms with van der Waals surface area (Å²) >= 11 is 1.76. The third-order valence-corrected chi connectivity index (χ3v) is 5.17. The third kappa shape index (κ3) is 2.75. The number of imidazole rings is 1. The molecule has 23 heavy (non-hydrogen) atoms. The molecule has 0 spiro atoms. The van der Waals surface area contributed by atoms with Crippen LogP contribution in [0.25, 0.3) is 16.2 Å². The molecule has 0 bridgehead atoms. The Morgan fingerprint density at radius 3 is 2.74 bits per heavy atom. The molecule has 0 aliphatic rings. The monoisotopic (exact) mass is 329 g/mol. The van der Waals surface area contributed by atoms with Gasteiger partial charge in [0.15, 0.2) is 4.96 Å². The average Bonchev–Trinajstić information content (AvgIpc) is 3.05. The second kappa shape index (κ2) is 6.72. The molecule has 0 atom stereocenters. The molecule has 0 aliphatic carbocycles. The van der Waals surface area contributed by atoms with Crippen LogP contribution < -0.4 is 10.5 Å². The van der Waals surface area contributed by atoms with Crippen LogP contribution >= 0.6 is 11.3 Å². The number of rotatable bonds is 6. The van der Waals surface area contributed by atoms with Gasteiger partial charge < -0.3 is 10.5 Å². The molecule has 3 aromatic rings. The van der Waals surface area contributed by atoms with Crippen LogP contribution in [0.15, 0.2) is 24.3 Å². The van der Waals surface area contributed by atoms with E-state index in [1.807, 2.05) is 19.1 Å². The molecule has 0 aliphatic heterocycles. The van der Waals surface area contributed by atoms with Gasteiger partial charge in [-0.1, -0.05) is 19.1 Å². The van der Waals surface area contributed by atoms with E-state index in [2.05, 4.69) is 30.4 Å². The Labute approximate surface area is 140 Å². The number of aryl methyl sites for hydroxylation is 2. The molecular weight excluding hydrogens is 306 g/mol. The predicted molar refractivity (Wildman–Crippen MR) is 96.5 cm³/mol. The number of ether oxygens (including phenoxy) is 1. The van der Waals surface area contributed by atoms with Gasteiger partial charge in [-0.2, -0.15) is 0 Å². The molecule has 4 nitrogen and oxygen atoms in total. The minimum atomic E-state index is 0.623. The lowest BCUT2D eigenvalue weighted by Gasteiger charge is -2.12. The lowest BCUT2D eigenvalue weighted by Crippen LogP contribution is -2.07. The molecule has 5 heteroatoms. The van der Waals surface area contributed by atoms with Gasteiger partial charge in [-0.15, -0.1) is 11.3 Å². The Bertz CT molecular complexity index is 819. The van der Waals surface area contributed by atoms with E-state index in [-0.39, 0.29) is 0 Å². The van der Waals surface area contributed by atoms with Crippen molar-refractivity contribution in [2.45, 2.75) is 33.6 Å². The highest BCUT2D eigenvalue weighted by atomic mass is 32.1. The summed E-state index contributed by atoms with van der Waals surface area (Å²) in [4.78, 5) is 7.12. The minimum Gasteiger partial charge on any atom is -0.493 e. The Kier molecular flexibility index (Phi) is 4.68. The summed E-state index contributed by atoms with van der Waals surface area (Å²) in [7, 11) is 0. The van der Waals surface area contributed by atoms with Crippen molar-refractivity contribution in [3.8, 4) is 17.0 Å². The highest BCUT2D eigenvalue weighted by Crippen LogP contribution is 2.38. The van der Waals surface area contributed by atoms with E-state index in [0.29, 0.717) is 13.2 Å². The van der Waals surface area contributed by atoms with Gasteiger partial charge in [-0.25, -0.2) is 4.98 Å². The maximum Gasteiger partial charge on any atom is 0.194 e. The van der Waals surface area contributed by atoms with Crippen LogP contribution in [0.4, 0.5) is 0 Å². The molecule has 122 valence electrons. The second-order valence-electron chi connectivity index (χ2n) is 5.46. The van der Waals surface area contributed by atoms with Gasteiger partial charge in [-0.3, -0.25) is 4.40 Å². The second-order valence-corrected chi connectivity index (χ2v) is 6.52. The number of aromatic nitrogens is 2. The number of nitrogens with two attached hydrogens (primary N) is 1. The van der Waals surface area contributed by atoms with Gasteiger partial charge in [-0.05, 0) is 38.9 Å². The van der Waals surface area contributed by atoms with Crippen molar-refractivity contribution in [3.05, 3.63) is 40.5 Å². The fourth-order valence-electron chi connectivity index (χ4n) is 3.00. The highest BCUT2D eigenvalue weighted by Gasteiger charge is 2.21. The van der Waals surface area contributed by atoms with E-state index in [1.54, 1.807) is 11.3 Å². The molecule has 0 amide bonds. The largest absolute Gasteiger partial charge is 0.493 e. The Balaban J connectivity index is 2.31. The highest BCUT2D eigenvalue weighted by molar-refractivity contribution is 7.17. The Morgan fingerprint density at radius 2 is 2.04 bits per heavy atom. The molecule has 0 fully saturated rings. The van der Waals surface area contributed by atoms with Crippen molar-refractivity contribution in [1.29, 1.82) is 0 Å². The van der Waals surface area contributed by atoms with Gasteiger partial charge >= 0.3 is 0 Å². The van der Waals surface area contributed by atoms with E-state index in [4.69, 9.17) is 15.5 Å². The quantitative estimate of drug-likeness (QED) is 0.747. The van der Waals surface area contributed by atoms with Gasteiger partial charge in [0.2, 0.25) is 0 Å². The van der Waals surface area contributed by atoms with Crippen LogP contribution in [-0.2, 0) is 12.8 Å². The van der Waals surface area contributed by atoms with Crippen molar-refractivity contribution < 1.29 is 4.74 Å². The molecule has 2 N–H and O–H groups in total. The van der Waals surface area contributed by atoms with Gasteiger partial charge in [0.05, 0.1) is 18.0 Å². The first-order valence-corrected chi connectivity index (χ1v) is 8.94. The number of hydrogen-bond acceptors (Lipinski definition) is 4. The fraction of sp³-hybridized carbons (Fsp3) is 0.389. The van der Waals surface area contributed by atoms with Crippen LogP contribution in [0, 0.1) is 6.92 Å². The average molecular weight is 329 g/mol. The van der Waals surface area contributed by atoms with Crippen LogP contribution in [0.3, 0.4) is 0 Å². The molecule has 0 saturated carbocycles. The van der Waals surface area contributed by atoms with E-state index in [1.165, 1.54) is 16.3 Å². The Morgan fingerprint density at radius 1 is 1.26 bits per heavy atom. The molecule has 2 aromatic heterocycles. The minimum absolute atomic E-state index is 0.623. The first-order valence-electron chi connectivity index (χ1n) is 8.13. The van der Waals surface area contributed by atoms with Gasteiger partial charge in [0.1, 0.15) is 5.75 Å². The van der Waals surface area contributed by atoms with E-state index in [9.17, 15) is 0 Å². The zero-order valence-corrected chi connectivity index (χ0v) is 14.7. The zero-order chi connectivity index (χ0) is 16.4. The summed E-state index contributed by atoms with van der Waals surface area (Å²) in [6, 6.07) is 8.25. The number of para-hydroxylation sites is 1. The van der Waals surface area contributed by atoms with Crippen LogP contribution in [0.1, 0.15) is 30.1 Å². The summed E-state index contributed by atoms with van der Waals surface area (Å²) in [6.45, 7) is 7.55. The van der Waals surface area contributed by atoms with Crippen LogP contribution in [0.2, 0.25) is 0 Å². The van der Waals surface area contributed by atoms with Gasteiger partial charge in [0, 0.05) is 22.6 Å². The van der Waals surface area contributed by atoms with Crippen LogP contribution in [0.5, 0.6) is 5.75 Å². The first kappa shape index (κ1) is 16.0. The summed E-state index contributed by atoms with van der Waals surface area (Å²) in [5, 5.41) is 0. The van der Waals surface area contributed by atoms with Crippen molar-refractivity contribution in [1.82, 2.24) is 9.38 Å². The maximum atomic E-state index is 5.86. The molecule has 0 radical (unpaired) electrons. The number of thiazole rings is 1. The molecule has 2 heterocycles. The third-order valence-electron chi connectivity index (χ3n) is 3.99. The molecule has 1 aromatic carbocycles. The molecular formula is C18H23N3OS. The SMILES string of the molecule is CCOc1ccccc1-c1c(CC)sc2nc(C)c(CCN)n12. The molecule has 3 rings (SSSR count). The van der Waals surface area contributed by atoms with Crippen molar-refractivity contribution in [2.75, 3.05) is 13.2 Å². The smallest absolute Gasteiger partial charge is 0.194 e. The summed E-state index contributed by atoms with van der Waals surface area (Å²) < 4.78 is 8.14. The van der Waals surface area contributed by atoms with Crippen LogP contribution in [-0.4, -0.2) is 22.5 Å². The Hall–Kier alpha value is -1.85. The van der Waals surface area contributed by atoms with Crippen molar-refractivity contribution in [3.63, 3.8) is 0 Å². The topological polar surface area (TPSA) is 52.5 Å². The number of hydrogen-bond donors (Lipinski definition) is 1. The molecule has 0 unspecified atom stereocenters. The maximum absolute atomic E-state index is 5.86. The van der Waals surface area contributed by atoms with Crippen molar-refractivity contribution >= 4 is 16.3 Å².